The lowest BCUT2D eigenvalue weighted by atomic mass is 10.2. The number of likely N-dealkylation sites (N-methyl/N-ethyl adjacent to an activating group) is 1. The Hall–Kier alpha value is -2.61. The molecular weight excluding hydrogens is 276 g/mol. The predicted octanol–water partition coefficient (Wildman–Crippen LogP) is 0.301. The smallest absolute Gasteiger partial charge is 0.258 e. The lowest BCUT2D eigenvalue weighted by molar-refractivity contribution is -0.120. The number of hydrogen-bond acceptors (Lipinski definition) is 7. The second-order valence-electron chi connectivity index (χ2n) is 4.39. The number of rotatable bonds is 5. The van der Waals surface area contributed by atoms with Gasteiger partial charge in [-0.2, -0.15) is 4.98 Å². The minimum Gasteiger partial charge on any atom is -0.454 e. The molecule has 0 saturated carbocycles. The third kappa shape index (κ3) is 2.95. The molecule has 8 nitrogen and oxygen atoms in total. The molecule has 2 N–H and O–H groups in total. The Labute approximate surface area is 120 Å². The third-order valence-corrected chi connectivity index (χ3v) is 2.87. The molecule has 8 heteroatoms. The second-order valence-corrected chi connectivity index (χ2v) is 4.39. The number of carbonyl (C=O) groups is 1. The van der Waals surface area contributed by atoms with Gasteiger partial charge in [0.15, 0.2) is 17.3 Å². The van der Waals surface area contributed by atoms with Gasteiger partial charge in [-0.1, -0.05) is 5.16 Å². The quantitative estimate of drug-likeness (QED) is 0.817. The molecule has 2 heterocycles. The minimum atomic E-state index is -0.132. The summed E-state index contributed by atoms with van der Waals surface area (Å²) < 4.78 is 15.7. The first-order valence-electron chi connectivity index (χ1n) is 6.40. The molecule has 1 amide bonds. The van der Waals surface area contributed by atoms with E-state index in [1.165, 1.54) is 0 Å². The van der Waals surface area contributed by atoms with Gasteiger partial charge in [0.1, 0.15) is 0 Å². The molecule has 110 valence electrons. The van der Waals surface area contributed by atoms with Gasteiger partial charge in [-0.3, -0.25) is 4.79 Å². The molecular formula is C13H14N4O4. The van der Waals surface area contributed by atoms with E-state index in [0.29, 0.717) is 23.2 Å². The predicted molar refractivity (Wildman–Crippen MR) is 71.6 cm³/mol. The lowest BCUT2D eigenvalue weighted by Crippen LogP contribution is -2.31. The van der Waals surface area contributed by atoms with Crippen LogP contribution >= 0.6 is 0 Å². The normalized spacial score (nSPS) is 12.4. The zero-order valence-electron chi connectivity index (χ0n) is 11.4. The van der Waals surface area contributed by atoms with Crippen LogP contribution in [-0.2, 0) is 11.3 Å². The van der Waals surface area contributed by atoms with Gasteiger partial charge >= 0.3 is 0 Å². The Morgan fingerprint density at radius 1 is 1.33 bits per heavy atom. The van der Waals surface area contributed by atoms with E-state index >= 15 is 0 Å². The molecule has 0 spiro atoms. The molecule has 21 heavy (non-hydrogen) atoms. The highest BCUT2D eigenvalue weighted by atomic mass is 16.7. The SMILES string of the molecule is CNCC(=O)NCc1noc(-c2ccc3c(c2)OCO3)n1. The van der Waals surface area contributed by atoms with Gasteiger partial charge < -0.3 is 24.6 Å². The monoisotopic (exact) mass is 290 g/mol. The molecule has 1 aliphatic heterocycles. The topological polar surface area (TPSA) is 98.5 Å². The first kappa shape index (κ1) is 13.4. The Kier molecular flexibility index (Phi) is 3.69. The molecule has 0 bridgehead atoms. The zero-order chi connectivity index (χ0) is 14.7. The maximum absolute atomic E-state index is 11.3. The number of aromatic nitrogens is 2. The number of nitrogens with zero attached hydrogens (tertiary/aromatic N) is 2. The lowest BCUT2D eigenvalue weighted by Gasteiger charge is -2.00. The van der Waals surface area contributed by atoms with Crippen LogP contribution in [0, 0.1) is 0 Å². The minimum absolute atomic E-state index is 0.132. The number of hydrogen-bond donors (Lipinski definition) is 2. The number of benzene rings is 1. The molecule has 3 rings (SSSR count). The maximum Gasteiger partial charge on any atom is 0.258 e. The summed E-state index contributed by atoms with van der Waals surface area (Å²) in [5.41, 5.74) is 0.736. The number of amides is 1. The molecule has 0 atom stereocenters. The Morgan fingerprint density at radius 2 is 2.19 bits per heavy atom. The number of nitrogens with one attached hydrogen (secondary N) is 2. The molecule has 1 aromatic carbocycles. The maximum atomic E-state index is 11.3. The number of ether oxygens (including phenoxy) is 2. The van der Waals surface area contributed by atoms with Gasteiger partial charge in [-0.15, -0.1) is 0 Å². The van der Waals surface area contributed by atoms with Crippen LogP contribution in [0.15, 0.2) is 22.7 Å². The first-order chi connectivity index (χ1) is 10.3. The van der Waals surface area contributed by atoms with E-state index in [9.17, 15) is 4.79 Å². The van der Waals surface area contributed by atoms with Crippen molar-refractivity contribution in [3.05, 3.63) is 24.0 Å². The first-order valence-corrected chi connectivity index (χ1v) is 6.40. The Morgan fingerprint density at radius 3 is 3.05 bits per heavy atom. The van der Waals surface area contributed by atoms with Crippen LogP contribution in [0.25, 0.3) is 11.5 Å². The zero-order valence-corrected chi connectivity index (χ0v) is 11.4. The highest BCUT2D eigenvalue weighted by Gasteiger charge is 2.16. The van der Waals surface area contributed by atoms with Gasteiger partial charge in [0.2, 0.25) is 12.7 Å². The highest BCUT2D eigenvalue weighted by Crippen LogP contribution is 2.35. The fourth-order valence-electron chi connectivity index (χ4n) is 1.87. The Bertz CT molecular complexity index is 655. The van der Waals surface area contributed by atoms with Crippen molar-refractivity contribution in [1.82, 2.24) is 20.8 Å². The van der Waals surface area contributed by atoms with Crippen LogP contribution < -0.4 is 20.1 Å². The summed E-state index contributed by atoms with van der Waals surface area (Å²) in [7, 11) is 1.70. The summed E-state index contributed by atoms with van der Waals surface area (Å²) in [5.74, 6) is 1.98. The van der Waals surface area contributed by atoms with Crippen molar-refractivity contribution in [3.63, 3.8) is 0 Å². The van der Waals surface area contributed by atoms with Crippen molar-refractivity contribution in [3.8, 4) is 23.0 Å². The van der Waals surface area contributed by atoms with E-state index in [-0.39, 0.29) is 25.8 Å². The summed E-state index contributed by atoms with van der Waals surface area (Å²) >= 11 is 0. The molecule has 1 aromatic heterocycles. The van der Waals surface area contributed by atoms with Crippen molar-refractivity contribution < 1.29 is 18.8 Å². The van der Waals surface area contributed by atoms with Gasteiger partial charge in [0.05, 0.1) is 13.1 Å². The van der Waals surface area contributed by atoms with Crippen LogP contribution in [-0.4, -0.2) is 36.4 Å². The molecule has 0 fully saturated rings. The second kappa shape index (κ2) is 5.80. The molecule has 2 aromatic rings. The van der Waals surface area contributed by atoms with Gasteiger partial charge in [0.25, 0.3) is 5.89 Å². The highest BCUT2D eigenvalue weighted by molar-refractivity contribution is 5.77. The largest absolute Gasteiger partial charge is 0.454 e. The van der Waals surface area contributed by atoms with Crippen LogP contribution in [0.1, 0.15) is 5.82 Å². The number of carbonyl (C=O) groups excluding carboxylic acids is 1. The fourth-order valence-corrected chi connectivity index (χ4v) is 1.87. The molecule has 0 radical (unpaired) electrons. The van der Waals surface area contributed by atoms with Gasteiger partial charge in [-0.25, -0.2) is 0 Å². The van der Waals surface area contributed by atoms with Crippen LogP contribution in [0.4, 0.5) is 0 Å². The van der Waals surface area contributed by atoms with Crippen molar-refractivity contribution in [2.45, 2.75) is 6.54 Å². The van der Waals surface area contributed by atoms with E-state index in [4.69, 9.17) is 14.0 Å². The van der Waals surface area contributed by atoms with Gasteiger partial charge in [0, 0.05) is 5.56 Å². The van der Waals surface area contributed by atoms with Gasteiger partial charge in [-0.05, 0) is 25.2 Å². The van der Waals surface area contributed by atoms with E-state index < -0.39 is 0 Å². The van der Waals surface area contributed by atoms with E-state index in [0.717, 1.165) is 5.56 Å². The van der Waals surface area contributed by atoms with E-state index in [1.54, 1.807) is 19.2 Å². The third-order valence-electron chi connectivity index (χ3n) is 2.87. The van der Waals surface area contributed by atoms with Crippen molar-refractivity contribution in [1.29, 1.82) is 0 Å². The van der Waals surface area contributed by atoms with Crippen molar-refractivity contribution in [2.75, 3.05) is 20.4 Å². The summed E-state index contributed by atoms with van der Waals surface area (Å²) in [6, 6.07) is 5.37. The number of fused-ring (bicyclic) bond motifs is 1. The summed E-state index contributed by atoms with van der Waals surface area (Å²) in [4.78, 5) is 15.6. The molecule has 0 saturated heterocycles. The average Bonchev–Trinajstić information content (AvgIpc) is 3.13. The van der Waals surface area contributed by atoms with E-state index in [2.05, 4.69) is 20.8 Å². The van der Waals surface area contributed by atoms with Crippen molar-refractivity contribution >= 4 is 5.91 Å². The standard InChI is InChI=1S/C13H14N4O4/c1-14-6-12(18)15-5-11-16-13(21-17-11)8-2-3-9-10(4-8)20-7-19-9/h2-4,14H,5-7H2,1H3,(H,15,18). The molecule has 0 aliphatic carbocycles. The summed E-state index contributed by atoms with van der Waals surface area (Å²) in [6.45, 7) is 0.673. The van der Waals surface area contributed by atoms with Crippen molar-refractivity contribution in [2.24, 2.45) is 0 Å². The fraction of sp³-hybridized carbons (Fsp3) is 0.308. The van der Waals surface area contributed by atoms with Crippen LogP contribution in [0.5, 0.6) is 11.5 Å². The van der Waals surface area contributed by atoms with Crippen LogP contribution in [0.2, 0.25) is 0 Å². The Balaban J connectivity index is 1.68. The van der Waals surface area contributed by atoms with E-state index in [1.807, 2.05) is 6.07 Å². The molecule has 1 aliphatic rings. The molecule has 0 unspecified atom stereocenters. The summed E-state index contributed by atoms with van der Waals surface area (Å²) in [6.07, 6.45) is 0. The van der Waals surface area contributed by atoms with Crippen LogP contribution in [0.3, 0.4) is 0 Å². The summed E-state index contributed by atoms with van der Waals surface area (Å²) in [5, 5.41) is 9.26. The average molecular weight is 290 g/mol.